The van der Waals surface area contributed by atoms with Crippen molar-refractivity contribution in [2.45, 2.75) is 31.8 Å². The van der Waals surface area contributed by atoms with E-state index in [0.29, 0.717) is 6.42 Å². The van der Waals surface area contributed by atoms with Crippen LogP contribution in [0.5, 0.6) is 0 Å². The largest absolute Gasteiger partial charge is 0.378 e. The third-order valence-electron chi connectivity index (χ3n) is 4.48. The van der Waals surface area contributed by atoms with E-state index in [1.165, 1.54) is 6.42 Å². The Bertz CT molecular complexity index is 509. The highest BCUT2D eigenvalue weighted by Gasteiger charge is 2.25. The second-order valence-corrected chi connectivity index (χ2v) is 6.48. The van der Waals surface area contributed by atoms with Gasteiger partial charge in [-0.15, -0.1) is 0 Å². The van der Waals surface area contributed by atoms with Gasteiger partial charge >= 0.3 is 0 Å². The number of rotatable bonds is 3. The normalized spacial score (nSPS) is 22.7. The molecule has 2 aliphatic heterocycles. The van der Waals surface area contributed by atoms with Crippen LogP contribution in [-0.2, 0) is 9.53 Å². The molecular weight excluding hydrogens is 300 g/mol. The molecule has 0 N–H and O–H groups in total. The highest BCUT2D eigenvalue weighted by atomic mass is 35.5. The molecule has 0 spiro atoms. The number of piperazine rings is 1. The Labute approximate surface area is 137 Å². The number of anilines is 1. The smallest absolute Gasteiger partial charge is 0.225 e. The molecule has 0 bridgehead atoms. The number of hydrogen-bond acceptors (Lipinski definition) is 3. The number of ether oxygens (including phenoxy) is 1. The second-order valence-electron chi connectivity index (χ2n) is 6.04. The van der Waals surface area contributed by atoms with Crippen LogP contribution >= 0.6 is 11.6 Å². The number of amides is 1. The van der Waals surface area contributed by atoms with Crippen molar-refractivity contribution in [3.05, 3.63) is 29.3 Å². The van der Waals surface area contributed by atoms with Crippen molar-refractivity contribution in [3.63, 3.8) is 0 Å². The summed E-state index contributed by atoms with van der Waals surface area (Å²) in [6.45, 7) is 4.08. The van der Waals surface area contributed by atoms with E-state index in [9.17, 15) is 4.79 Å². The molecule has 0 radical (unpaired) electrons. The fraction of sp³-hybridized carbons (Fsp3) is 0.588. The van der Waals surface area contributed by atoms with Gasteiger partial charge < -0.3 is 14.5 Å². The van der Waals surface area contributed by atoms with E-state index in [1.807, 2.05) is 23.1 Å². The lowest BCUT2D eigenvalue weighted by Crippen LogP contribution is -2.49. The highest BCUT2D eigenvalue weighted by Crippen LogP contribution is 2.22. The van der Waals surface area contributed by atoms with Crippen molar-refractivity contribution in [1.29, 1.82) is 0 Å². The van der Waals surface area contributed by atoms with Crippen LogP contribution in [0, 0.1) is 0 Å². The van der Waals surface area contributed by atoms with Gasteiger partial charge in [-0.25, -0.2) is 0 Å². The van der Waals surface area contributed by atoms with Crippen LogP contribution in [0.15, 0.2) is 24.3 Å². The van der Waals surface area contributed by atoms with Gasteiger partial charge in [-0.3, -0.25) is 4.79 Å². The van der Waals surface area contributed by atoms with Gasteiger partial charge in [-0.05, 0) is 37.5 Å². The first-order valence-corrected chi connectivity index (χ1v) is 8.50. The number of nitrogens with zero attached hydrogens (tertiary/aromatic N) is 2. The predicted molar refractivity (Wildman–Crippen MR) is 88.5 cm³/mol. The van der Waals surface area contributed by atoms with Crippen LogP contribution in [0.25, 0.3) is 0 Å². The van der Waals surface area contributed by atoms with Crippen molar-refractivity contribution in [3.8, 4) is 0 Å². The SMILES string of the molecule is O=C(CC1CCCCO1)N1CCN(c2cccc(Cl)c2)CC1. The summed E-state index contributed by atoms with van der Waals surface area (Å²) in [5.41, 5.74) is 1.13. The van der Waals surface area contributed by atoms with Crippen LogP contribution in [0.2, 0.25) is 5.02 Å². The average molecular weight is 323 g/mol. The Hall–Kier alpha value is -1.26. The zero-order chi connectivity index (χ0) is 15.4. The summed E-state index contributed by atoms with van der Waals surface area (Å²) < 4.78 is 5.67. The van der Waals surface area contributed by atoms with Gasteiger partial charge in [0, 0.05) is 43.5 Å². The molecule has 2 heterocycles. The second kappa shape index (κ2) is 7.34. The molecule has 120 valence electrons. The van der Waals surface area contributed by atoms with Crippen LogP contribution in [0.1, 0.15) is 25.7 Å². The standard InChI is InChI=1S/C17H23ClN2O2/c18-14-4-3-5-15(12-14)19-7-9-20(10-8-19)17(21)13-16-6-1-2-11-22-16/h3-5,12,16H,1-2,6-11,13H2. The van der Waals surface area contributed by atoms with Gasteiger partial charge in [0.05, 0.1) is 12.5 Å². The van der Waals surface area contributed by atoms with Crippen molar-refractivity contribution in [2.75, 3.05) is 37.7 Å². The van der Waals surface area contributed by atoms with Crippen LogP contribution in [0.4, 0.5) is 5.69 Å². The number of benzene rings is 1. The number of hydrogen-bond donors (Lipinski definition) is 0. The molecular formula is C17H23ClN2O2. The Kier molecular flexibility index (Phi) is 5.21. The van der Waals surface area contributed by atoms with Gasteiger partial charge in [0.2, 0.25) is 5.91 Å². The van der Waals surface area contributed by atoms with Gasteiger partial charge in [0.15, 0.2) is 0 Å². The van der Waals surface area contributed by atoms with Gasteiger partial charge in [-0.1, -0.05) is 17.7 Å². The predicted octanol–water partition coefficient (Wildman–Crippen LogP) is 2.95. The van der Waals surface area contributed by atoms with Crippen LogP contribution in [-0.4, -0.2) is 49.7 Å². The maximum Gasteiger partial charge on any atom is 0.225 e. The number of carbonyl (C=O) groups is 1. The first-order valence-electron chi connectivity index (χ1n) is 8.12. The van der Waals surface area contributed by atoms with E-state index in [1.54, 1.807) is 0 Å². The number of halogens is 1. The Morgan fingerprint density at radius 1 is 1.23 bits per heavy atom. The molecule has 2 saturated heterocycles. The molecule has 3 rings (SSSR count). The molecule has 22 heavy (non-hydrogen) atoms. The summed E-state index contributed by atoms with van der Waals surface area (Å²) in [5, 5.41) is 0.755. The molecule has 0 saturated carbocycles. The fourth-order valence-electron chi connectivity index (χ4n) is 3.18. The molecule has 4 nitrogen and oxygen atoms in total. The van der Waals surface area contributed by atoms with Crippen molar-refractivity contribution >= 4 is 23.2 Å². The first kappa shape index (κ1) is 15.6. The maximum atomic E-state index is 12.4. The minimum Gasteiger partial charge on any atom is -0.378 e. The first-order chi connectivity index (χ1) is 10.7. The van der Waals surface area contributed by atoms with Crippen molar-refractivity contribution < 1.29 is 9.53 Å². The minimum atomic E-state index is 0.132. The van der Waals surface area contributed by atoms with Gasteiger partial charge in [0.1, 0.15) is 0 Å². The molecule has 0 aliphatic carbocycles. The van der Waals surface area contributed by atoms with Crippen LogP contribution < -0.4 is 4.90 Å². The van der Waals surface area contributed by atoms with Crippen LogP contribution in [0.3, 0.4) is 0 Å². The van der Waals surface area contributed by atoms with E-state index < -0.39 is 0 Å². The lowest BCUT2D eigenvalue weighted by atomic mass is 10.1. The molecule has 2 aliphatic rings. The van der Waals surface area contributed by atoms with E-state index >= 15 is 0 Å². The molecule has 2 fully saturated rings. The molecule has 1 atom stereocenters. The van der Waals surface area contributed by atoms with Gasteiger partial charge in [0.25, 0.3) is 0 Å². The fourth-order valence-corrected chi connectivity index (χ4v) is 3.36. The molecule has 1 unspecified atom stereocenters. The minimum absolute atomic E-state index is 0.132. The third-order valence-corrected chi connectivity index (χ3v) is 4.72. The third kappa shape index (κ3) is 3.93. The van der Waals surface area contributed by atoms with Crippen molar-refractivity contribution in [1.82, 2.24) is 4.90 Å². The Morgan fingerprint density at radius 2 is 2.05 bits per heavy atom. The van der Waals surface area contributed by atoms with E-state index in [0.717, 1.165) is 56.3 Å². The lowest BCUT2D eigenvalue weighted by Gasteiger charge is -2.37. The Balaban J connectivity index is 1.49. The van der Waals surface area contributed by atoms with E-state index in [2.05, 4.69) is 11.0 Å². The maximum absolute atomic E-state index is 12.4. The summed E-state index contributed by atoms with van der Waals surface area (Å²) in [5.74, 6) is 0.234. The molecule has 5 heteroatoms. The molecule has 1 aromatic rings. The van der Waals surface area contributed by atoms with E-state index in [-0.39, 0.29) is 12.0 Å². The lowest BCUT2D eigenvalue weighted by molar-refractivity contribution is -0.135. The zero-order valence-electron chi connectivity index (χ0n) is 12.8. The molecule has 0 aromatic heterocycles. The quantitative estimate of drug-likeness (QED) is 0.857. The Morgan fingerprint density at radius 3 is 2.73 bits per heavy atom. The average Bonchev–Trinajstić information content (AvgIpc) is 2.56. The van der Waals surface area contributed by atoms with E-state index in [4.69, 9.17) is 16.3 Å². The molecule has 1 aromatic carbocycles. The zero-order valence-corrected chi connectivity index (χ0v) is 13.6. The summed E-state index contributed by atoms with van der Waals surface area (Å²) in [7, 11) is 0. The summed E-state index contributed by atoms with van der Waals surface area (Å²) in [6.07, 6.45) is 4.00. The topological polar surface area (TPSA) is 32.8 Å². The molecule has 1 amide bonds. The summed E-state index contributed by atoms with van der Waals surface area (Å²) in [6, 6.07) is 7.90. The van der Waals surface area contributed by atoms with Gasteiger partial charge in [-0.2, -0.15) is 0 Å². The number of carbonyl (C=O) groups excluding carboxylic acids is 1. The summed E-state index contributed by atoms with van der Waals surface area (Å²) in [4.78, 5) is 16.6. The summed E-state index contributed by atoms with van der Waals surface area (Å²) >= 11 is 6.05. The van der Waals surface area contributed by atoms with Crippen molar-refractivity contribution in [2.24, 2.45) is 0 Å². The highest BCUT2D eigenvalue weighted by molar-refractivity contribution is 6.30. The monoisotopic (exact) mass is 322 g/mol.